The fourth-order valence-electron chi connectivity index (χ4n) is 2.54. The van der Waals surface area contributed by atoms with Gasteiger partial charge in [-0.3, -0.25) is 9.59 Å². The molecule has 2 aliphatic rings. The molecule has 0 radical (unpaired) electrons. The van der Waals surface area contributed by atoms with Crippen molar-refractivity contribution in [3.63, 3.8) is 0 Å². The van der Waals surface area contributed by atoms with E-state index in [0.717, 1.165) is 11.3 Å². The van der Waals surface area contributed by atoms with Crippen molar-refractivity contribution < 1.29 is 19.4 Å². The fourth-order valence-corrected chi connectivity index (χ4v) is 2.54. The molecule has 2 unspecified atom stereocenters. The molecule has 5 nitrogen and oxygen atoms in total. The second-order valence-electron chi connectivity index (χ2n) is 5.07. The molecule has 100 valence electrons. The summed E-state index contributed by atoms with van der Waals surface area (Å²) >= 11 is 0. The van der Waals surface area contributed by atoms with Crippen LogP contribution in [0.5, 0.6) is 5.75 Å². The first kappa shape index (κ1) is 12.0. The van der Waals surface area contributed by atoms with Gasteiger partial charge in [0.2, 0.25) is 5.91 Å². The van der Waals surface area contributed by atoms with Gasteiger partial charge in [0.1, 0.15) is 5.75 Å². The maximum atomic E-state index is 11.8. The summed E-state index contributed by atoms with van der Waals surface area (Å²) in [6.45, 7) is 0.386. The van der Waals surface area contributed by atoms with Crippen LogP contribution in [0, 0.1) is 5.92 Å². The third kappa shape index (κ3) is 2.05. The molecule has 1 heterocycles. The summed E-state index contributed by atoms with van der Waals surface area (Å²) in [5.41, 5.74) is 1.70. The van der Waals surface area contributed by atoms with Crippen molar-refractivity contribution in [3.05, 3.63) is 23.8 Å². The van der Waals surface area contributed by atoms with Crippen molar-refractivity contribution in [1.29, 1.82) is 0 Å². The van der Waals surface area contributed by atoms with Gasteiger partial charge in [-0.05, 0) is 30.0 Å². The molecule has 19 heavy (non-hydrogen) atoms. The highest BCUT2D eigenvalue weighted by atomic mass is 16.5. The van der Waals surface area contributed by atoms with Gasteiger partial charge in [0.25, 0.3) is 0 Å². The van der Waals surface area contributed by atoms with E-state index >= 15 is 0 Å². The van der Waals surface area contributed by atoms with E-state index in [4.69, 9.17) is 9.84 Å². The Kier molecular flexibility index (Phi) is 2.69. The predicted molar refractivity (Wildman–Crippen MR) is 68.4 cm³/mol. The molecule has 0 spiro atoms. The molecule has 0 saturated heterocycles. The number of carbonyl (C=O) groups excluding carboxylic acids is 1. The number of carboxylic acids is 1. The molecule has 1 aliphatic carbocycles. The zero-order valence-corrected chi connectivity index (χ0v) is 10.6. The number of rotatable bonds is 2. The number of hydrogen-bond acceptors (Lipinski definition) is 3. The lowest BCUT2D eigenvalue weighted by atomic mass is 10.1. The number of fused-ring (bicyclic) bond motifs is 1. The van der Waals surface area contributed by atoms with Crippen molar-refractivity contribution in [2.45, 2.75) is 18.8 Å². The van der Waals surface area contributed by atoms with Crippen LogP contribution in [0.4, 0.5) is 5.69 Å². The first-order valence-electron chi connectivity index (χ1n) is 6.34. The molecule has 1 amide bonds. The highest BCUT2D eigenvalue weighted by Crippen LogP contribution is 2.49. The Labute approximate surface area is 110 Å². The lowest BCUT2D eigenvalue weighted by Gasteiger charge is -2.17. The van der Waals surface area contributed by atoms with Crippen LogP contribution in [0.25, 0.3) is 0 Å². The first-order chi connectivity index (χ1) is 9.08. The maximum absolute atomic E-state index is 11.8. The minimum Gasteiger partial charge on any atom is -0.491 e. The molecule has 1 aromatic rings. The van der Waals surface area contributed by atoms with Crippen LogP contribution in [0.2, 0.25) is 0 Å². The zero-order valence-electron chi connectivity index (χ0n) is 10.6. The van der Waals surface area contributed by atoms with Crippen molar-refractivity contribution in [3.8, 4) is 5.75 Å². The maximum Gasteiger partial charge on any atom is 0.307 e. The molecule has 1 saturated carbocycles. The fraction of sp³-hybridized carbons (Fsp3) is 0.429. The Morgan fingerprint density at radius 3 is 2.95 bits per heavy atom. The number of aliphatic carboxylic acids is 1. The third-order valence-corrected chi connectivity index (χ3v) is 3.83. The molecular weight excluding hydrogens is 246 g/mol. The topological polar surface area (TPSA) is 66.8 Å². The van der Waals surface area contributed by atoms with Crippen LogP contribution in [0.15, 0.2) is 18.2 Å². The molecule has 2 atom stereocenters. The smallest absolute Gasteiger partial charge is 0.307 e. The zero-order chi connectivity index (χ0) is 13.6. The summed E-state index contributed by atoms with van der Waals surface area (Å²) < 4.78 is 5.54. The number of hydrogen-bond donors (Lipinski definition) is 1. The monoisotopic (exact) mass is 261 g/mol. The Balaban J connectivity index is 1.93. The second-order valence-corrected chi connectivity index (χ2v) is 5.07. The largest absolute Gasteiger partial charge is 0.491 e. The van der Waals surface area contributed by atoms with Crippen LogP contribution in [0.1, 0.15) is 24.3 Å². The van der Waals surface area contributed by atoms with Gasteiger partial charge in [0.15, 0.2) is 0 Å². The lowest BCUT2D eigenvalue weighted by Crippen LogP contribution is -2.25. The molecule has 1 aromatic carbocycles. The Hall–Kier alpha value is -2.04. The molecule has 1 fully saturated rings. The summed E-state index contributed by atoms with van der Waals surface area (Å²) in [5, 5.41) is 8.97. The van der Waals surface area contributed by atoms with E-state index < -0.39 is 5.97 Å². The van der Waals surface area contributed by atoms with E-state index in [1.807, 2.05) is 18.2 Å². The quantitative estimate of drug-likeness (QED) is 0.878. The third-order valence-electron chi connectivity index (χ3n) is 3.83. The van der Waals surface area contributed by atoms with Crippen molar-refractivity contribution in [1.82, 2.24) is 0 Å². The van der Waals surface area contributed by atoms with Crippen LogP contribution in [-0.4, -0.2) is 30.6 Å². The summed E-state index contributed by atoms with van der Waals surface area (Å²) in [6, 6.07) is 5.61. The highest BCUT2D eigenvalue weighted by molar-refractivity contribution is 5.95. The number of benzene rings is 1. The molecule has 1 N–H and O–H groups in total. The van der Waals surface area contributed by atoms with Crippen LogP contribution < -0.4 is 9.64 Å². The van der Waals surface area contributed by atoms with Gasteiger partial charge in [-0.1, -0.05) is 6.07 Å². The van der Waals surface area contributed by atoms with Gasteiger partial charge >= 0.3 is 5.97 Å². The molecular formula is C14H15NO4. The van der Waals surface area contributed by atoms with E-state index in [-0.39, 0.29) is 17.7 Å². The van der Waals surface area contributed by atoms with E-state index in [1.54, 1.807) is 11.9 Å². The highest BCUT2D eigenvalue weighted by Gasteiger charge is 2.44. The summed E-state index contributed by atoms with van der Waals surface area (Å²) in [4.78, 5) is 24.3. The van der Waals surface area contributed by atoms with E-state index in [9.17, 15) is 9.59 Å². The number of ether oxygens (including phenoxy) is 1. The van der Waals surface area contributed by atoms with Crippen molar-refractivity contribution in [2.24, 2.45) is 5.92 Å². The van der Waals surface area contributed by atoms with Gasteiger partial charge in [-0.25, -0.2) is 0 Å². The van der Waals surface area contributed by atoms with Crippen LogP contribution in [-0.2, 0) is 9.59 Å². The minimum atomic E-state index is -0.749. The number of nitrogens with zero attached hydrogens (tertiary/aromatic N) is 1. The Morgan fingerprint density at radius 2 is 2.26 bits per heavy atom. The second kappa shape index (κ2) is 4.26. The Morgan fingerprint density at radius 1 is 1.47 bits per heavy atom. The van der Waals surface area contributed by atoms with Crippen LogP contribution in [0.3, 0.4) is 0 Å². The van der Waals surface area contributed by atoms with Gasteiger partial charge in [0.05, 0.1) is 24.6 Å². The minimum absolute atomic E-state index is 0.0153. The number of amides is 1. The molecule has 1 aliphatic heterocycles. The normalized spacial score (nSPS) is 25.3. The van der Waals surface area contributed by atoms with Crippen molar-refractivity contribution >= 4 is 17.6 Å². The number of carboxylic acid groups (broad SMARTS) is 1. The van der Waals surface area contributed by atoms with E-state index in [2.05, 4.69) is 0 Å². The molecule has 3 rings (SSSR count). The average Bonchev–Trinajstić information content (AvgIpc) is 3.18. The number of carbonyl (C=O) groups is 2. The molecule has 5 heteroatoms. The standard InChI is InChI=1S/C14H15NO4/c1-15-11-6-8(9-7-10(9)14(17)18)2-3-12(11)19-5-4-13(15)16/h2-3,6,9-10H,4-5,7H2,1H3,(H,17,18). The van der Waals surface area contributed by atoms with Gasteiger partial charge in [0, 0.05) is 7.05 Å². The summed E-state index contributed by atoms with van der Waals surface area (Å²) in [7, 11) is 1.72. The van der Waals surface area contributed by atoms with Crippen LogP contribution >= 0.6 is 0 Å². The van der Waals surface area contributed by atoms with Gasteiger partial charge in [-0.15, -0.1) is 0 Å². The van der Waals surface area contributed by atoms with E-state index in [0.29, 0.717) is 25.2 Å². The summed E-state index contributed by atoms with van der Waals surface area (Å²) in [5.74, 6) is -0.271. The number of anilines is 1. The molecule has 0 bridgehead atoms. The molecule has 0 aromatic heterocycles. The van der Waals surface area contributed by atoms with E-state index in [1.165, 1.54) is 0 Å². The van der Waals surface area contributed by atoms with Gasteiger partial charge in [-0.2, -0.15) is 0 Å². The predicted octanol–water partition coefficient (Wildman–Crippen LogP) is 1.62. The SMILES string of the molecule is CN1C(=O)CCOc2ccc(C3CC3C(=O)O)cc21. The Bertz CT molecular complexity index is 554. The lowest BCUT2D eigenvalue weighted by molar-refractivity contribution is -0.138. The van der Waals surface area contributed by atoms with Gasteiger partial charge < -0.3 is 14.7 Å². The first-order valence-corrected chi connectivity index (χ1v) is 6.34. The summed E-state index contributed by atoms with van der Waals surface area (Å²) in [6.07, 6.45) is 1.04. The van der Waals surface area contributed by atoms with Crippen molar-refractivity contribution in [2.75, 3.05) is 18.6 Å². The average molecular weight is 261 g/mol.